The van der Waals surface area contributed by atoms with Gasteiger partial charge < -0.3 is 13.7 Å². The molecule has 12 heteroatoms. The van der Waals surface area contributed by atoms with Gasteiger partial charge in [0.15, 0.2) is 0 Å². The number of hydrogen-bond donors (Lipinski definition) is 0. The zero-order valence-electron chi connectivity index (χ0n) is 23.5. The number of sulfonamides is 2. The summed E-state index contributed by atoms with van der Waals surface area (Å²) in [6.45, 7) is 11.0. The third-order valence-corrected chi connectivity index (χ3v) is 11.7. The van der Waals surface area contributed by atoms with Crippen molar-refractivity contribution in [1.29, 1.82) is 0 Å². The van der Waals surface area contributed by atoms with E-state index in [-0.39, 0.29) is 31.9 Å². The van der Waals surface area contributed by atoms with E-state index in [1.165, 1.54) is 48.5 Å². The summed E-state index contributed by atoms with van der Waals surface area (Å²) in [5.41, 5.74) is -0.445. The van der Waals surface area contributed by atoms with Gasteiger partial charge in [-0.05, 0) is 90.1 Å². The minimum absolute atomic E-state index is 0.0719. The van der Waals surface area contributed by atoms with Gasteiger partial charge in [0.1, 0.15) is 5.58 Å². The summed E-state index contributed by atoms with van der Waals surface area (Å²) < 4.78 is 73.8. The molecule has 0 radical (unpaired) electrons. The van der Waals surface area contributed by atoms with Crippen LogP contribution in [0.15, 0.2) is 91.8 Å². The van der Waals surface area contributed by atoms with Crippen LogP contribution in [0, 0.1) is 13.8 Å². The lowest BCUT2D eigenvalue weighted by Gasteiger charge is -2.32. The molecule has 1 saturated heterocycles. The van der Waals surface area contributed by atoms with Gasteiger partial charge in [-0.15, -0.1) is 0 Å². The molecule has 4 aromatic rings. The maximum Gasteiger partial charge on any atom is 0.502 e. The van der Waals surface area contributed by atoms with Gasteiger partial charge in [0.2, 0.25) is 0 Å². The molecule has 214 valence electrons. The Morgan fingerprint density at radius 2 is 1.15 bits per heavy atom. The Kier molecular flexibility index (Phi) is 6.97. The van der Waals surface area contributed by atoms with Crippen molar-refractivity contribution in [2.75, 3.05) is 3.71 Å². The second-order valence-electron chi connectivity index (χ2n) is 11.1. The van der Waals surface area contributed by atoms with Gasteiger partial charge in [0, 0.05) is 5.39 Å². The van der Waals surface area contributed by atoms with E-state index < -0.39 is 44.0 Å². The molecule has 1 aliphatic rings. The van der Waals surface area contributed by atoms with Crippen LogP contribution in [0.3, 0.4) is 0 Å². The molecule has 0 saturated carbocycles. The Labute approximate surface area is 240 Å². The maximum absolute atomic E-state index is 14.0. The van der Waals surface area contributed by atoms with Gasteiger partial charge in [-0.25, -0.2) is 21.6 Å². The Balaban J connectivity index is 1.70. The molecular formula is C29H30BNO8S2. The second-order valence-corrected chi connectivity index (χ2v) is 14.9. The molecule has 0 amide bonds. The van der Waals surface area contributed by atoms with Crippen LogP contribution in [0.2, 0.25) is 0 Å². The van der Waals surface area contributed by atoms with Crippen molar-refractivity contribution in [1.82, 2.24) is 0 Å². The summed E-state index contributed by atoms with van der Waals surface area (Å²) in [6.07, 6.45) is 0. The smallest absolute Gasteiger partial charge is 0.423 e. The van der Waals surface area contributed by atoms with E-state index in [9.17, 15) is 21.6 Å². The van der Waals surface area contributed by atoms with E-state index in [0.717, 1.165) is 11.1 Å². The molecule has 0 N–H and O–H groups in total. The SMILES string of the molecule is Cc1ccc(S(=O)(=O)N(c2ccc3oc(=O)c(B4OC(C)(C)C(C)(C)O4)cc3c2)S(=O)(=O)c2ccc(C)cc2)cc1. The fraction of sp³-hybridized carbons (Fsp3) is 0.276. The number of nitrogens with zero attached hydrogens (tertiary/aromatic N) is 1. The molecule has 3 aromatic carbocycles. The molecule has 9 nitrogen and oxygen atoms in total. The predicted octanol–water partition coefficient (Wildman–Crippen LogP) is 4.29. The molecule has 5 rings (SSSR count). The van der Waals surface area contributed by atoms with Gasteiger partial charge in [-0.1, -0.05) is 35.4 Å². The number of anilines is 1. The van der Waals surface area contributed by atoms with E-state index in [2.05, 4.69) is 0 Å². The highest BCUT2D eigenvalue weighted by molar-refractivity contribution is 8.10. The Morgan fingerprint density at radius 3 is 1.61 bits per heavy atom. The molecule has 0 bridgehead atoms. The van der Waals surface area contributed by atoms with Gasteiger partial charge in [0.05, 0.1) is 32.1 Å². The quantitative estimate of drug-likeness (QED) is 0.239. The van der Waals surface area contributed by atoms with Crippen LogP contribution in [-0.4, -0.2) is 35.2 Å². The molecular weight excluding hydrogens is 565 g/mol. The topological polar surface area (TPSA) is 120 Å². The Hall–Kier alpha value is -3.45. The van der Waals surface area contributed by atoms with Crippen LogP contribution in [0.1, 0.15) is 38.8 Å². The lowest BCUT2D eigenvalue weighted by Crippen LogP contribution is -2.43. The predicted molar refractivity (Wildman–Crippen MR) is 157 cm³/mol. The largest absolute Gasteiger partial charge is 0.502 e. The molecule has 2 heterocycles. The molecule has 1 aromatic heterocycles. The van der Waals surface area contributed by atoms with Crippen molar-refractivity contribution in [3.63, 3.8) is 0 Å². The zero-order valence-corrected chi connectivity index (χ0v) is 25.2. The third-order valence-electron chi connectivity index (χ3n) is 7.54. The fourth-order valence-electron chi connectivity index (χ4n) is 4.39. The summed E-state index contributed by atoms with van der Waals surface area (Å²) in [6, 6.07) is 17.3. The normalized spacial score (nSPS) is 16.7. The molecule has 1 fully saturated rings. The zero-order chi connectivity index (χ0) is 30.0. The lowest BCUT2D eigenvalue weighted by molar-refractivity contribution is 0.00578. The van der Waals surface area contributed by atoms with E-state index in [1.54, 1.807) is 38.1 Å². The maximum atomic E-state index is 14.0. The molecule has 1 aliphatic heterocycles. The number of benzene rings is 3. The highest BCUT2D eigenvalue weighted by Gasteiger charge is 2.52. The first kappa shape index (κ1) is 29.1. The van der Waals surface area contributed by atoms with E-state index in [0.29, 0.717) is 3.71 Å². The average molecular weight is 596 g/mol. The summed E-state index contributed by atoms with van der Waals surface area (Å²) in [5.74, 6) is 0. The van der Waals surface area contributed by atoms with Gasteiger partial charge in [-0.3, -0.25) is 0 Å². The summed E-state index contributed by atoms with van der Waals surface area (Å²) in [5, 5.41) is 0.287. The number of fused-ring (bicyclic) bond motifs is 1. The minimum atomic E-state index is -4.62. The van der Waals surface area contributed by atoms with Gasteiger partial charge in [0.25, 0.3) is 20.0 Å². The number of aryl methyl sites for hydroxylation is 2. The van der Waals surface area contributed by atoms with Crippen molar-refractivity contribution in [2.24, 2.45) is 0 Å². The lowest BCUT2D eigenvalue weighted by atomic mass is 9.80. The molecule has 0 unspecified atom stereocenters. The van der Waals surface area contributed by atoms with Crippen molar-refractivity contribution in [2.45, 2.75) is 62.5 Å². The summed E-state index contributed by atoms with van der Waals surface area (Å²) in [4.78, 5) is 12.5. The molecule has 0 aliphatic carbocycles. The number of rotatable bonds is 6. The van der Waals surface area contributed by atoms with Crippen LogP contribution in [0.5, 0.6) is 0 Å². The Bertz CT molecular complexity index is 1820. The second kappa shape index (κ2) is 9.83. The standard InChI is InChI=1S/C29H30BNO8S2/c1-19-7-12-23(13-8-19)40(33,34)31(41(35,36)24-14-9-20(2)10-15-24)22-11-16-26-21(17-22)18-25(27(32)37-26)30-38-28(3,4)29(5,6)39-30/h7-18H,1-6H3. The monoisotopic (exact) mass is 595 g/mol. The van der Waals surface area contributed by atoms with Crippen molar-refractivity contribution >= 4 is 49.3 Å². The van der Waals surface area contributed by atoms with Crippen LogP contribution >= 0.6 is 0 Å². The first-order valence-electron chi connectivity index (χ1n) is 12.9. The van der Waals surface area contributed by atoms with Crippen LogP contribution in [0.4, 0.5) is 5.69 Å². The van der Waals surface area contributed by atoms with E-state index in [1.807, 2.05) is 27.7 Å². The molecule has 41 heavy (non-hydrogen) atoms. The minimum Gasteiger partial charge on any atom is -0.423 e. The fourth-order valence-corrected chi connectivity index (χ4v) is 8.07. The highest BCUT2D eigenvalue weighted by atomic mass is 32.3. The van der Waals surface area contributed by atoms with E-state index >= 15 is 0 Å². The van der Waals surface area contributed by atoms with Gasteiger partial charge in [-0.2, -0.15) is 3.71 Å². The highest BCUT2D eigenvalue weighted by Crippen LogP contribution is 2.37. The van der Waals surface area contributed by atoms with E-state index in [4.69, 9.17) is 13.7 Å². The van der Waals surface area contributed by atoms with Crippen LogP contribution in [-0.2, 0) is 29.4 Å². The average Bonchev–Trinajstić information content (AvgIpc) is 3.10. The first-order chi connectivity index (χ1) is 19.0. The first-order valence-corrected chi connectivity index (χ1v) is 15.8. The van der Waals surface area contributed by atoms with Crippen molar-refractivity contribution < 1.29 is 30.6 Å². The number of hydrogen-bond acceptors (Lipinski definition) is 8. The third kappa shape index (κ3) is 5.10. The van der Waals surface area contributed by atoms with Crippen LogP contribution in [0.25, 0.3) is 11.0 Å². The van der Waals surface area contributed by atoms with Crippen molar-refractivity contribution in [3.05, 3.63) is 94.3 Å². The van der Waals surface area contributed by atoms with Crippen molar-refractivity contribution in [3.8, 4) is 0 Å². The van der Waals surface area contributed by atoms with Gasteiger partial charge >= 0.3 is 12.7 Å². The Morgan fingerprint density at radius 1 is 0.683 bits per heavy atom. The summed E-state index contributed by atoms with van der Waals surface area (Å²) in [7, 11) is -10.3. The molecule has 0 spiro atoms. The van der Waals surface area contributed by atoms with Crippen LogP contribution < -0.4 is 14.8 Å². The summed E-state index contributed by atoms with van der Waals surface area (Å²) >= 11 is 0. The molecule has 0 atom stereocenters.